The monoisotopic (exact) mass is 251 g/mol. The maximum atomic E-state index is 11.8. The molecule has 98 valence electrons. The number of carbonyl (C=O) groups excluding carboxylic acids is 1. The quantitative estimate of drug-likeness (QED) is 0.784. The third-order valence-corrected chi connectivity index (χ3v) is 2.43. The molecule has 0 saturated heterocycles. The number of hydrogen-bond donors (Lipinski definition) is 1. The first-order chi connectivity index (χ1) is 8.58. The Hall–Kier alpha value is -2.04. The Labute approximate surface area is 106 Å². The van der Waals surface area contributed by atoms with Crippen molar-refractivity contribution in [3.63, 3.8) is 0 Å². The van der Waals surface area contributed by atoms with Crippen LogP contribution in [0, 0.1) is 0 Å². The molecule has 1 rings (SSSR count). The van der Waals surface area contributed by atoms with Crippen molar-refractivity contribution in [1.29, 1.82) is 0 Å². The lowest BCUT2D eigenvalue weighted by Crippen LogP contribution is -2.33. The van der Waals surface area contributed by atoms with Crippen LogP contribution in [0.5, 0.6) is 5.75 Å². The van der Waals surface area contributed by atoms with E-state index in [4.69, 9.17) is 9.84 Å². The zero-order valence-corrected chi connectivity index (χ0v) is 10.5. The number of carboxylic acids is 1. The summed E-state index contributed by atoms with van der Waals surface area (Å²) >= 11 is 0. The highest BCUT2D eigenvalue weighted by atomic mass is 16.5. The van der Waals surface area contributed by atoms with Gasteiger partial charge in [0.15, 0.2) is 0 Å². The summed E-state index contributed by atoms with van der Waals surface area (Å²) in [6, 6.07) is 6.97. The minimum atomic E-state index is -1.12. The lowest BCUT2D eigenvalue weighted by atomic mass is 10.2. The van der Waals surface area contributed by atoms with E-state index in [9.17, 15) is 9.59 Å². The Balaban J connectivity index is 2.88. The van der Waals surface area contributed by atoms with Gasteiger partial charge in [-0.05, 0) is 30.7 Å². The molecule has 0 saturated carbocycles. The summed E-state index contributed by atoms with van der Waals surface area (Å²) in [5, 5.41) is 8.66. The Morgan fingerprint density at radius 1 is 1.28 bits per heavy atom. The Kier molecular flexibility index (Phi) is 5.17. The van der Waals surface area contributed by atoms with E-state index in [-0.39, 0.29) is 0 Å². The molecule has 0 aliphatic heterocycles. The molecule has 5 nitrogen and oxygen atoms in total. The van der Waals surface area contributed by atoms with Gasteiger partial charge in [-0.25, -0.2) is 0 Å². The summed E-state index contributed by atoms with van der Waals surface area (Å²) in [6.45, 7) is 2.43. The number of nitrogens with zero attached hydrogens (tertiary/aromatic N) is 1. The summed E-state index contributed by atoms with van der Waals surface area (Å²) in [6.07, 6.45) is 0.267. The molecule has 0 heterocycles. The van der Waals surface area contributed by atoms with Gasteiger partial charge >= 0.3 is 5.97 Å². The van der Waals surface area contributed by atoms with Crippen molar-refractivity contribution in [2.24, 2.45) is 0 Å². The standard InChI is InChI=1S/C13H17NO4/c1-3-8-14(12(15)9-13(16)17)10-4-6-11(18-2)7-5-10/h4-7H,3,8-9H2,1-2H3,(H,16,17). The fraction of sp³-hybridized carbons (Fsp3) is 0.385. The number of ether oxygens (including phenoxy) is 1. The zero-order chi connectivity index (χ0) is 13.5. The highest BCUT2D eigenvalue weighted by Gasteiger charge is 2.17. The number of rotatable bonds is 6. The van der Waals surface area contributed by atoms with E-state index in [1.165, 1.54) is 4.90 Å². The van der Waals surface area contributed by atoms with E-state index in [1.54, 1.807) is 31.4 Å². The second-order valence-electron chi connectivity index (χ2n) is 3.81. The predicted molar refractivity (Wildman–Crippen MR) is 67.9 cm³/mol. The van der Waals surface area contributed by atoms with Crippen LogP contribution in [0.3, 0.4) is 0 Å². The van der Waals surface area contributed by atoms with Gasteiger partial charge in [0, 0.05) is 12.2 Å². The Morgan fingerprint density at radius 3 is 2.33 bits per heavy atom. The third-order valence-electron chi connectivity index (χ3n) is 2.43. The average molecular weight is 251 g/mol. The molecule has 0 spiro atoms. The second-order valence-corrected chi connectivity index (χ2v) is 3.81. The molecule has 0 aliphatic carbocycles. The maximum absolute atomic E-state index is 11.8. The van der Waals surface area contributed by atoms with Gasteiger partial charge in [0.1, 0.15) is 12.2 Å². The summed E-state index contributed by atoms with van der Waals surface area (Å²) < 4.78 is 5.04. The molecule has 1 amide bonds. The minimum absolute atomic E-state index is 0.408. The van der Waals surface area contributed by atoms with Crippen LogP contribution in [0.15, 0.2) is 24.3 Å². The van der Waals surface area contributed by atoms with E-state index in [0.717, 1.165) is 6.42 Å². The van der Waals surface area contributed by atoms with Crippen LogP contribution < -0.4 is 9.64 Å². The van der Waals surface area contributed by atoms with Crippen LogP contribution in [0.2, 0.25) is 0 Å². The van der Waals surface area contributed by atoms with Crippen molar-refractivity contribution < 1.29 is 19.4 Å². The molecule has 1 N–H and O–H groups in total. The smallest absolute Gasteiger partial charge is 0.312 e. The van der Waals surface area contributed by atoms with Gasteiger partial charge in [-0.15, -0.1) is 0 Å². The summed E-state index contributed by atoms with van der Waals surface area (Å²) in [5.41, 5.74) is 0.684. The molecule has 0 aromatic heterocycles. The van der Waals surface area contributed by atoms with Gasteiger partial charge in [-0.3, -0.25) is 9.59 Å². The number of carbonyl (C=O) groups is 2. The van der Waals surface area contributed by atoms with Gasteiger partial charge in [-0.2, -0.15) is 0 Å². The number of anilines is 1. The van der Waals surface area contributed by atoms with E-state index in [2.05, 4.69) is 0 Å². The highest BCUT2D eigenvalue weighted by molar-refractivity contribution is 6.02. The third kappa shape index (κ3) is 3.76. The van der Waals surface area contributed by atoms with Crippen molar-refractivity contribution in [3.05, 3.63) is 24.3 Å². The van der Waals surface area contributed by atoms with Gasteiger partial charge < -0.3 is 14.7 Å². The zero-order valence-electron chi connectivity index (χ0n) is 10.5. The first kappa shape index (κ1) is 14.0. The predicted octanol–water partition coefficient (Wildman–Crippen LogP) is 1.91. The molecular weight excluding hydrogens is 234 g/mol. The molecule has 0 aliphatic rings. The lowest BCUT2D eigenvalue weighted by molar-refractivity contribution is -0.140. The highest BCUT2D eigenvalue weighted by Crippen LogP contribution is 2.20. The molecule has 18 heavy (non-hydrogen) atoms. The van der Waals surface area contributed by atoms with Crippen LogP contribution in [-0.4, -0.2) is 30.6 Å². The molecule has 0 atom stereocenters. The van der Waals surface area contributed by atoms with Crippen molar-refractivity contribution in [1.82, 2.24) is 0 Å². The SMILES string of the molecule is CCCN(C(=O)CC(=O)O)c1ccc(OC)cc1. The number of benzene rings is 1. The number of hydrogen-bond acceptors (Lipinski definition) is 3. The van der Waals surface area contributed by atoms with Crippen LogP contribution >= 0.6 is 0 Å². The van der Waals surface area contributed by atoms with Crippen LogP contribution in [-0.2, 0) is 9.59 Å². The second kappa shape index (κ2) is 6.64. The molecule has 0 bridgehead atoms. The maximum Gasteiger partial charge on any atom is 0.312 e. The fourth-order valence-electron chi connectivity index (χ4n) is 1.61. The number of aliphatic carboxylic acids is 1. The molecule has 5 heteroatoms. The topological polar surface area (TPSA) is 66.8 Å². The van der Waals surface area contributed by atoms with Crippen LogP contribution in [0.25, 0.3) is 0 Å². The molecule has 0 fully saturated rings. The first-order valence-electron chi connectivity index (χ1n) is 5.74. The average Bonchev–Trinajstić information content (AvgIpc) is 2.35. The van der Waals surface area contributed by atoms with Crippen LogP contribution in [0.4, 0.5) is 5.69 Å². The van der Waals surface area contributed by atoms with Crippen molar-refractivity contribution in [2.75, 3.05) is 18.6 Å². The molecule has 1 aromatic rings. The summed E-state index contributed by atoms with van der Waals surface area (Å²) in [7, 11) is 1.56. The van der Waals surface area contributed by atoms with E-state index in [1.807, 2.05) is 6.92 Å². The van der Waals surface area contributed by atoms with Crippen molar-refractivity contribution in [3.8, 4) is 5.75 Å². The van der Waals surface area contributed by atoms with Gasteiger partial charge in [-0.1, -0.05) is 6.92 Å². The van der Waals surface area contributed by atoms with Crippen LogP contribution in [0.1, 0.15) is 19.8 Å². The van der Waals surface area contributed by atoms with Crippen molar-refractivity contribution >= 4 is 17.6 Å². The minimum Gasteiger partial charge on any atom is -0.497 e. The number of amides is 1. The molecule has 1 aromatic carbocycles. The normalized spacial score (nSPS) is 9.89. The van der Waals surface area contributed by atoms with Crippen molar-refractivity contribution in [2.45, 2.75) is 19.8 Å². The number of carboxylic acid groups (broad SMARTS) is 1. The molecule has 0 unspecified atom stereocenters. The van der Waals surface area contributed by atoms with Gasteiger partial charge in [0.25, 0.3) is 0 Å². The molecular formula is C13H17NO4. The lowest BCUT2D eigenvalue weighted by Gasteiger charge is -2.21. The number of methoxy groups -OCH3 is 1. The largest absolute Gasteiger partial charge is 0.497 e. The van der Waals surface area contributed by atoms with E-state index < -0.39 is 18.3 Å². The fourth-order valence-corrected chi connectivity index (χ4v) is 1.61. The summed E-state index contributed by atoms with van der Waals surface area (Å²) in [4.78, 5) is 23.9. The molecule has 0 radical (unpaired) electrons. The first-order valence-corrected chi connectivity index (χ1v) is 5.74. The van der Waals surface area contributed by atoms with E-state index >= 15 is 0 Å². The Bertz CT molecular complexity index is 414. The van der Waals surface area contributed by atoms with Gasteiger partial charge in [0.2, 0.25) is 5.91 Å². The Morgan fingerprint density at radius 2 is 1.89 bits per heavy atom. The van der Waals surface area contributed by atoms with E-state index in [0.29, 0.717) is 18.0 Å². The van der Waals surface area contributed by atoms with Gasteiger partial charge in [0.05, 0.1) is 7.11 Å². The summed E-state index contributed by atoms with van der Waals surface area (Å²) in [5.74, 6) is -0.829.